The molecule has 0 unspecified atom stereocenters. The predicted octanol–water partition coefficient (Wildman–Crippen LogP) is 0.507. The van der Waals surface area contributed by atoms with Crippen molar-refractivity contribution < 1.29 is 13.2 Å². The molecule has 21 heavy (non-hydrogen) atoms. The van der Waals surface area contributed by atoms with Crippen molar-refractivity contribution in [2.45, 2.75) is 11.8 Å². The Morgan fingerprint density at radius 1 is 1.43 bits per heavy atom. The smallest absolute Gasteiger partial charge is 0.245 e. The van der Waals surface area contributed by atoms with Crippen LogP contribution < -0.4 is 11.1 Å². The average Bonchev–Trinajstić information content (AvgIpc) is 2.87. The van der Waals surface area contributed by atoms with Crippen molar-refractivity contribution in [1.29, 1.82) is 0 Å². The number of nitrogens with zero attached hydrogens (tertiary/aromatic N) is 1. The zero-order valence-electron chi connectivity index (χ0n) is 11.9. The molecule has 1 heterocycles. The number of sulfonamides is 1. The number of hydrogen-bond acceptors (Lipinski definition) is 4. The molecule has 4 N–H and O–H groups in total. The molecule has 0 spiro atoms. The van der Waals surface area contributed by atoms with Crippen LogP contribution in [0.1, 0.15) is 6.92 Å². The number of hydrogen-bond donors (Lipinski definition) is 3. The molecular weight excluding hydrogens is 292 g/mol. The molecule has 0 aliphatic carbocycles. The van der Waals surface area contributed by atoms with Gasteiger partial charge in [-0.3, -0.25) is 4.79 Å². The minimum atomic E-state index is -3.75. The number of nitrogens with one attached hydrogen (secondary N) is 2. The summed E-state index contributed by atoms with van der Waals surface area (Å²) in [7, 11) is -2.28. The molecule has 0 aliphatic heterocycles. The summed E-state index contributed by atoms with van der Waals surface area (Å²) in [6, 6.07) is 4.97. The molecule has 2 aromatic rings. The third-order valence-electron chi connectivity index (χ3n) is 3.24. The second-order valence-corrected chi connectivity index (χ2v) is 6.47. The highest BCUT2D eigenvalue weighted by atomic mass is 32.2. The van der Waals surface area contributed by atoms with Gasteiger partial charge in [0, 0.05) is 36.4 Å². The molecule has 1 amide bonds. The fourth-order valence-corrected chi connectivity index (χ4v) is 3.64. The summed E-state index contributed by atoms with van der Waals surface area (Å²) >= 11 is 0. The Morgan fingerprint density at radius 2 is 2.14 bits per heavy atom. The van der Waals surface area contributed by atoms with Gasteiger partial charge >= 0.3 is 0 Å². The summed E-state index contributed by atoms with van der Waals surface area (Å²) in [5.74, 6) is -0.357. The molecule has 0 bridgehead atoms. The van der Waals surface area contributed by atoms with E-state index in [1.165, 1.54) is 13.2 Å². The van der Waals surface area contributed by atoms with Crippen molar-refractivity contribution in [2.24, 2.45) is 0 Å². The van der Waals surface area contributed by atoms with E-state index in [0.717, 1.165) is 4.31 Å². The first kappa shape index (κ1) is 15.3. The van der Waals surface area contributed by atoms with Gasteiger partial charge in [0.05, 0.1) is 6.54 Å². The number of H-pyrrole nitrogens is 1. The molecular formula is C13H18N4O3S. The Bertz CT molecular complexity index is 767. The minimum absolute atomic E-state index is 0.142. The van der Waals surface area contributed by atoms with Crippen LogP contribution in [0.25, 0.3) is 10.9 Å². The topological polar surface area (TPSA) is 108 Å². The van der Waals surface area contributed by atoms with Crippen molar-refractivity contribution in [3.05, 3.63) is 24.4 Å². The van der Waals surface area contributed by atoms with Crippen molar-refractivity contribution in [2.75, 3.05) is 25.9 Å². The number of carbonyl (C=O) groups is 1. The lowest BCUT2D eigenvalue weighted by molar-refractivity contribution is -0.120. The van der Waals surface area contributed by atoms with Crippen LogP contribution in [0, 0.1) is 0 Å². The van der Waals surface area contributed by atoms with Crippen molar-refractivity contribution in [1.82, 2.24) is 14.6 Å². The maximum atomic E-state index is 12.7. The van der Waals surface area contributed by atoms with Crippen LogP contribution in [-0.4, -0.2) is 43.8 Å². The number of rotatable bonds is 5. The van der Waals surface area contributed by atoms with Gasteiger partial charge in [0.2, 0.25) is 15.9 Å². The Labute approximate surface area is 123 Å². The number of aromatic nitrogens is 1. The minimum Gasteiger partial charge on any atom is -0.399 e. The molecule has 0 saturated carbocycles. The number of aromatic amines is 1. The number of benzene rings is 1. The highest BCUT2D eigenvalue weighted by Gasteiger charge is 2.27. The van der Waals surface area contributed by atoms with Crippen molar-refractivity contribution in [3.8, 4) is 0 Å². The Balaban J connectivity index is 2.47. The summed E-state index contributed by atoms with van der Waals surface area (Å²) in [6.45, 7) is 1.68. The first-order valence-corrected chi connectivity index (χ1v) is 7.91. The second kappa shape index (κ2) is 5.74. The average molecular weight is 310 g/mol. The molecule has 0 saturated heterocycles. The number of anilines is 1. The molecule has 0 aliphatic rings. The number of amides is 1. The van der Waals surface area contributed by atoms with Crippen molar-refractivity contribution >= 4 is 32.5 Å². The van der Waals surface area contributed by atoms with Crippen LogP contribution in [0.2, 0.25) is 0 Å². The van der Waals surface area contributed by atoms with E-state index in [1.54, 1.807) is 25.1 Å². The quantitative estimate of drug-likeness (QED) is 0.699. The van der Waals surface area contributed by atoms with Crippen LogP contribution in [0.15, 0.2) is 29.3 Å². The van der Waals surface area contributed by atoms with Gasteiger partial charge in [-0.25, -0.2) is 8.42 Å². The fourth-order valence-electron chi connectivity index (χ4n) is 2.08. The zero-order chi connectivity index (χ0) is 15.6. The SMILES string of the molecule is CCN(CC(=O)NC)S(=O)(=O)c1c[nH]c2cc(N)ccc12. The van der Waals surface area contributed by atoms with Gasteiger partial charge in [-0.05, 0) is 18.2 Å². The number of likely N-dealkylation sites (N-methyl/N-ethyl adjacent to an activating group) is 2. The third kappa shape index (κ3) is 2.86. The van der Waals surface area contributed by atoms with Crippen LogP contribution in [0.4, 0.5) is 5.69 Å². The summed E-state index contributed by atoms with van der Waals surface area (Å²) in [5.41, 5.74) is 6.87. The van der Waals surface area contributed by atoms with Gasteiger partial charge in [-0.2, -0.15) is 4.31 Å². The van der Waals surface area contributed by atoms with E-state index in [2.05, 4.69) is 10.3 Å². The van der Waals surface area contributed by atoms with E-state index in [-0.39, 0.29) is 23.9 Å². The molecule has 114 valence electrons. The third-order valence-corrected chi connectivity index (χ3v) is 5.20. The maximum absolute atomic E-state index is 12.7. The first-order valence-electron chi connectivity index (χ1n) is 6.47. The summed E-state index contributed by atoms with van der Waals surface area (Å²) < 4.78 is 26.5. The van der Waals surface area contributed by atoms with E-state index in [4.69, 9.17) is 5.73 Å². The fraction of sp³-hybridized carbons (Fsp3) is 0.308. The summed E-state index contributed by atoms with van der Waals surface area (Å²) in [6.07, 6.45) is 1.42. The molecule has 7 nitrogen and oxygen atoms in total. The molecule has 0 radical (unpaired) electrons. The molecule has 1 aromatic heterocycles. The van der Waals surface area contributed by atoms with Crippen LogP contribution in [-0.2, 0) is 14.8 Å². The Kier molecular flexibility index (Phi) is 4.19. The lowest BCUT2D eigenvalue weighted by atomic mass is 10.2. The standard InChI is InChI=1S/C13H18N4O3S/c1-3-17(8-13(18)15-2)21(19,20)12-7-16-11-6-9(14)4-5-10(11)12/h4-7,16H,3,8,14H2,1-2H3,(H,15,18). The van der Waals surface area contributed by atoms with Gasteiger partial charge in [-0.1, -0.05) is 6.92 Å². The lowest BCUT2D eigenvalue weighted by Crippen LogP contribution is -2.39. The van der Waals surface area contributed by atoms with Gasteiger partial charge in [0.25, 0.3) is 0 Å². The first-order chi connectivity index (χ1) is 9.90. The normalized spacial score (nSPS) is 12.0. The van der Waals surface area contributed by atoms with Crippen LogP contribution in [0.3, 0.4) is 0 Å². The monoisotopic (exact) mass is 310 g/mol. The number of fused-ring (bicyclic) bond motifs is 1. The molecule has 0 fully saturated rings. The van der Waals surface area contributed by atoms with E-state index >= 15 is 0 Å². The number of nitrogens with two attached hydrogens (primary N) is 1. The molecule has 1 aromatic carbocycles. The van der Waals surface area contributed by atoms with E-state index in [0.29, 0.717) is 16.6 Å². The van der Waals surface area contributed by atoms with E-state index in [9.17, 15) is 13.2 Å². The van der Waals surface area contributed by atoms with Gasteiger partial charge in [0.1, 0.15) is 4.90 Å². The zero-order valence-corrected chi connectivity index (χ0v) is 12.7. The predicted molar refractivity (Wildman–Crippen MR) is 81.2 cm³/mol. The number of nitrogen functional groups attached to an aromatic ring is 1. The second-order valence-electron chi connectivity index (χ2n) is 4.56. The van der Waals surface area contributed by atoms with Crippen molar-refractivity contribution in [3.63, 3.8) is 0 Å². The summed E-state index contributed by atoms with van der Waals surface area (Å²) in [4.78, 5) is 14.5. The highest BCUT2D eigenvalue weighted by molar-refractivity contribution is 7.89. The summed E-state index contributed by atoms with van der Waals surface area (Å²) in [5, 5.41) is 2.98. The number of carbonyl (C=O) groups excluding carboxylic acids is 1. The molecule has 2 rings (SSSR count). The van der Waals surface area contributed by atoms with E-state index < -0.39 is 10.0 Å². The Morgan fingerprint density at radius 3 is 2.76 bits per heavy atom. The lowest BCUT2D eigenvalue weighted by Gasteiger charge is -2.19. The van der Waals surface area contributed by atoms with Crippen LogP contribution >= 0.6 is 0 Å². The molecule has 8 heteroatoms. The van der Waals surface area contributed by atoms with Gasteiger partial charge < -0.3 is 16.0 Å². The largest absolute Gasteiger partial charge is 0.399 e. The van der Waals surface area contributed by atoms with E-state index in [1.807, 2.05) is 0 Å². The molecule has 0 atom stereocenters. The highest BCUT2D eigenvalue weighted by Crippen LogP contribution is 2.26. The van der Waals surface area contributed by atoms with Gasteiger partial charge in [-0.15, -0.1) is 0 Å². The Hall–Kier alpha value is -2.06. The van der Waals surface area contributed by atoms with Gasteiger partial charge in [0.15, 0.2) is 0 Å². The van der Waals surface area contributed by atoms with Crippen LogP contribution in [0.5, 0.6) is 0 Å². The maximum Gasteiger partial charge on any atom is 0.245 e.